The van der Waals surface area contributed by atoms with Gasteiger partial charge in [-0.15, -0.1) is 5.10 Å². The number of halogens is 1. The zero-order chi connectivity index (χ0) is 23.3. The van der Waals surface area contributed by atoms with Crippen molar-refractivity contribution in [1.82, 2.24) is 30.1 Å². The van der Waals surface area contributed by atoms with Crippen molar-refractivity contribution in [1.29, 1.82) is 0 Å². The second kappa shape index (κ2) is 10.2. The van der Waals surface area contributed by atoms with E-state index in [9.17, 15) is 4.79 Å². The van der Waals surface area contributed by atoms with Gasteiger partial charge in [0.15, 0.2) is 5.65 Å². The predicted molar refractivity (Wildman–Crippen MR) is 135 cm³/mol. The normalized spacial score (nSPS) is 14.3. The van der Waals surface area contributed by atoms with E-state index in [0.29, 0.717) is 23.1 Å². The van der Waals surface area contributed by atoms with Crippen LogP contribution in [-0.2, 0) is 0 Å². The smallest absolute Gasteiger partial charge is 0.251 e. The number of pyridine rings is 1. The highest BCUT2D eigenvalue weighted by Gasteiger charge is 2.12. The van der Waals surface area contributed by atoms with E-state index in [2.05, 4.69) is 30.9 Å². The van der Waals surface area contributed by atoms with Crippen molar-refractivity contribution in [2.75, 3.05) is 44.6 Å². The van der Waals surface area contributed by atoms with Crippen LogP contribution in [0.2, 0.25) is 5.02 Å². The minimum absolute atomic E-state index is 0.0706. The molecule has 0 atom stereocenters. The molecule has 5 rings (SSSR count). The summed E-state index contributed by atoms with van der Waals surface area (Å²) in [6.07, 6.45) is 1.86. The molecule has 3 heterocycles. The average Bonchev–Trinajstić information content (AvgIpc) is 3.27. The lowest BCUT2D eigenvalue weighted by Gasteiger charge is -2.27. The standard InChI is InChI=1S/C25H26ClN7O/c26-20-4-1-3-19(17-20)22-5-2-13-33-23(22)30-25(31-33)29-21-8-6-18(7-9-21)24(34)28-12-16-32-14-10-27-11-15-32/h1-9,13,17,27H,10-12,14-16H2,(H,28,34)(H,29,31). The van der Waals surface area contributed by atoms with E-state index in [4.69, 9.17) is 11.6 Å². The number of amides is 1. The fraction of sp³-hybridized carbons (Fsp3) is 0.240. The molecule has 2 aromatic carbocycles. The SMILES string of the molecule is O=C(NCCN1CCNCC1)c1ccc(Nc2nc3c(-c4cccc(Cl)c4)cccn3n2)cc1. The molecule has 0 bridgehead atoms. The Hall–Kier alpha value is -3.46. The molecule has 1 saturated heterocycles. The summed E-state index contributed by atoms with van der Waals surface area (Å²) in [6.45, 7) is 5.56. The fourth-order valence-electron chi connectivity index (χ4n) is 4.04. The van der Waals surface area contributed by atoms with Crippen molar-refractivity contribution < 1.29 is 4.79 Å². The van der Waals surface area contributed by atoms with E-state index >= 15 is 0 Å². The van der Waals surface area contributed by atoms with Crippen LogP contribution in [-0.4, -0.2) is 64.7 Å². The summed E-state index contributed by atoms with van der Waals surface area (Å²) in [5.74, 6) is 0.404. The van der Waals surface area contributed by atoms with E-state index in [1.165, 1.54) is 0 Å². The van der Waals surface area contributed by atoms with Crippen molar-refractivity contribution in [2.24, 2.45) is 0 Å². The third-order valence-electron chi connectivity index (χ3n) is 5.82. The zero-order valence-corrected chi connectivity index (χ0v) is 19.4. The lowest BCUT2D eigenvalue weighted by atomic mass is 10.1. The quantitative estimate of drug-likeness (QED) is 0.379. The topological polar surface area (TPSA) is 86.6 Å². The van der Waals surface area contributed by atoms with Gasteiger partial charge in [-0.1, -0.05) is 23.7 Å². The van der Waals surface area contributed by atoms with Crippen LogP contribution < -0.4 is 16.0 Å². The number of hydrogen-bond donors (Lipinski definition) is 3. The maximum atomic E-state index is 12.5. The Bertz CT molecular complexity index is 1280. The molecule has 0 spiro atoms. The van der Waals surface area contributed by atoms with Crippen LogP contribution in [0.5, 0.6) is 0 Å². The molecule has 3 N–H and O–H groups in total. The summed E-state index contributed by atoms with van der Waals surface area (Å²) >= 11 is 6.17. The summed E-state index contributed by atoms with van der Waals surface area (Å²) < 4.78 is 1.73. The number of benzene rings is 2. The van der Waals surface area contributed by atoms with Crippen molar-refractivity contribution in [3.05, 3.63) is 77.4 Å². The van der Waals surface area contributed by atoms with Crippen LogP contribution in [0, 0.1) is 0 Å². The van der Waals surface area contributed by atoms with Crippen molar-refractivity contribution in [3.8, 4) is 11.1 Å². The number of nitrogens with zero attached hydrogens (tertiary/aromatic N) is 4. The molecule has 4 aromatic rings. The Morgan fingerprint density at radius 3 is 2.68 bits per heavy atom. The number of carbonyl (C=O) groups excluding carboxylic acids is 1. The number of hydrogen-bond acceptors (Lipinski definition) is 6. The molecule has 0 saturated carbocycles. The number of rotatable bonds is 7. The second-order valence-electron chi connectivity index (χ2n) is 8.19. The maximum absolute atomic E-state index is 12.5. The highest BCUT2D eigenvalue weighted by molar-refractivity contribution is 6.30. The van der Waals surface area contributed by atoms with Crippen molar-refractivity contribution >= 4 is 34.8 Å². The van der Waals surface area contributed by atoms with E-state index in [1.807, 2.05) is 54.7 Å². The molecular formula is C25H26ClN7O. The van der Waals surface area contributed by atoms with Gasteiger partial charge in [-0.25, -0.2) is 4.52 Å². The lowest BCUT2D eigenvalue weighted by molar-refractivity contribution is 0.0947. The molecular weight excluding hydrogens is 450 g/mol. The Morgan fingerprint density at radius 1 is 1.06 bits per heavy atom. The minimum atomic E-state index is -0.0706. The van der Waals surface area contributed by atoms with Crippen LogP contribution in [0.15, 0.2) is 66.9 Å². The van der Waals surface area contributed by atoms with Crippen LogP contribution in [0.1, 0.15) is 10.4 Å². The highest BCUT2D eigenvalue weighted by Crippen LogP contribution is 2.27. The average molecular weight is 476 g/mol. The van der Waals surface area contributed by atoms with Crippen LogP contribution >= 0.6 is 11.6 Å². The predicted octanol–water partition coefficient (Wildman–Crippen LogP) is 3.43. The molecule has 9 heteroatoms. The summed E-state index contributed by atoms with van der Waals surface area (Å²) in [5.41, 5.74) is 4.07. The van der Waals surface area contributed by atoms with Gasteiger partial charge in [-0.2, -0.15) is 4.98 Å². The highest BCUT2D eigenvalue weighted by atomic mass is 35.5. The molecule has 8 nitrogen and oxygen atoms in total. The van der Waals surface area contributed by atoms with Gasteiger partial charge in [0.25, 0.3) is 5.91 Å². The maximum Gasteiger partial charge on any atom is 0.251 e. The zero-order valence-electron chi connectivity index (χ0n) is 18.7. The largest absolute Gasteiger partial charge is 0.351 e. The first-order chi connectivity index (χ1) is 16.7. The van der Waals surface area contributed by atoms with E-state index < -0.39 is 0 Å². The summed E-state index contributed by atoms with van der Waals surface area (Å²) in [6, 6.07) is 18.9. The second-order valence-corrected chi connectivity index (χ2v) is 8.62. The molecule has 1 aliphatic rings. The number of aromatic nitrogens is 3. The molecule has 1 amide bonds. The first-order valence-corrected chi connectivity index (χ1v) is 11.7. The van der Waals surface area contributed by atoms with Crippen molar-refractivity contribution in [2.45, 2.75) is 0 Å². The van der Waals surface area contributed by atoms with Gasteiger partial charge in [0, 0.05) is 67.3 Å². The number of carbonyl (C=O) groups is 1. The van der Waals surface area contributed by atoms with E-state index in [1.54, 1.807) is 16.6 Å². The van der Waals surface area contributed by atoms with Crippen molar-refractivity contribution in [3.63, 3.8) is 0 Å². The Labute approximate surface area is 202 Å². The molecule has 34 heavy (non-hydrogen) atoms. The van der Waals surface area contributed by atoms with Gasteiger partial charge in [-0.05, 0) is 54.1 Å². The molecule has 0 aliphatic carbocycles. The number of nitrogens with one attached hydrogen (secondary N) is 3. The van der Waals surface area contributed by atoms with Gasteiger partial charge in [0.1, 0.15) is 0 Å². The Kier molecular flexibility index (Phi) is 6.71. The van der Waals surface area contributed by atoms with Crippen LogP contribution in [0.4, 0.5) is 11.6 Å². The third kappa shape index (κ3) is 5.20. The Balaban J connectivity index is 1.23. The van der Waals surface area contributed by atoms with E-state index in [-0.39, 0.29) is 5.91 Å². The summed E-state index contributed by atoms with van der Waals surface area (Å²) in [4.78, 5) is 19.5. The first kappa shape index (κ1) is 22.3. The minimum Gasteiger partial charge on any atom is -0.351 e. The van der Waals surface area contributed by atoms with Gasteiger partial charge in [0.2, 0.25) is 5.95 Å². The van der Waals surface area contributed by atoms with Gasteiger partial charge in [-0.3, -0.25) is 9.69 Å². The Morgan fingerprint density at radius 2 is 1.88 bits per heavy atom. The molecule has 1 fully saturated rings. The molecule has 2 aromatic heterocycles. The number of anilines is 2. The summed E-state index contributed by atoms with van der Waals surface area (Å²) in [7, 11) is 0. The third-order valence-corrected chi connectivity index (χ3v) is 6.06. The molecule has 174 valence electrons. The van der Waals surface area contributed by atoms with Gasteiger partial charge < -0.3 is 16.0 Å². The molecule has 1 aliphatic heterocycles. The number of fused-ring (bicyclic) bond motifs is 1. The van der Waals surface area contributed by atoms with Crippen LogP contribution in [0.25, 0.3) is 16.8 Å². The number of piperazine rings is 1. The van der Waals surface area contributed by atoms with E-state index in [0.717, 1.165) is 55.2 Å². The van der Waals surface area contributed by atoms with Gasteiger partial charge in [0.05, 0.1) is 0 Å². The first-order valence-electron chi connectivity index (χ1n) is 11.4. The fourth-order valence-corrected chi connectivity index (χ4v) is 4.23. The summed E-state index contributed by atoms with van der Waals surface area (Å²) in [5, 5.41) is 14.8. The molecule has 0 unspecified atom stereocenters. The monoisotopic (exact) mass is 475 g/mol. The lowest BCUT2D eigenvalue weighted by Crippen LogP contribution is -2.46. The van der Waals surface area contributed by atoms with Crippen LogP contribution in [0.3, 0.4) is 0 Å². The molecule has 0 radical (unpaired) electrons. The van der Waals surface area contributed by atoms with Gasteiger partial charge >= 0.3 is 0 Å².